The van der Waals surface area contributed by atoms with E-state index in [1.807, 2.05) is 20.9 Å². The van der Waals surface area contributed by atoms with Gasteiger partial charge in [0, 0.05) is 13.2 Å². The van der Waals surface area contributed by atoms with Crippen LogP contribution in [0.2, 0.25) is 0 Å². The van der Waals surface area contributed by atoms with Gasteiger partial charge < -0.3 is 14.8 Å². The van der Waals surface area contributed by atoms with Crippen molar-refractivity contribution in [2.24, 2.45) is 5.92 Å². The highest BCUT2D eigenvalue weighted by molar-refractivity contribution is 4.72. The van der Waals surface area contributed by atoms with E-state index in [4.69, 9.17) is 9.47 Å². The lowest BCUT2D eigenvalue weighted by atomic mass is 10.0. The van der Waals surface area contributed by atoms with Gasteiger partial charge in [-0.2, -0.15) is 0 Å². The zero-order valence-corrected chi connectivity index (χ0v) is 9.46. The van der Waals surface area contributed by atoms with Gasteiger partial charge in [-0.05, 0) is 26.8 Å². The molecule has 1 unspecified atom stereocenters. The average Bonchev–Trinajstić information content (AvgIpc) is 2.05. The molecule has 3 heteroatoms. The molecule has 0 aromatic carbocycles. The summed E-state index contributed by atoms with van der Waals surface area (Å²) >= 11 is 0. The Hall–Kier alpha value is -0.120. The van der Waals surface area contributed by atoms with Crippen LogP contribution in [0.3, 0.4) is 0 Å². The van der Waals surface area contributed by atoms with Crippen molar-refractivity contribution in [3.63, 3.8) is 0 Å². The van der Waals surface area contributed by atoms with Crippen molar-refractivity contribution < 1.29 is 9.47 Å². The molecule has 0 saturated heterocycles. The van der Waals surface area contributed by atoms with Crippen LogP contribution in [0, 0.1) is 5.92 Å². The van der Waals surface area contributed by atoms with Crippen LogP contribution in [0.5, 0.6) is 0 Å². The fourth-order valence-electron chi connectivity index (χ4n) is 1.37. The van der Waals surface area contributed by atoms with Crippen LogP contribution in [0.15, 0.2) is 0 Å². The van der Waals surface area contributed by atoms with Gasteiger partial charge in [-0.25, -0.2) is 0 Å². The third-order valence-corrected chi connectivity index (χ3v) is 2.01. The second-order valence-electron chi connectivity index (χ2n) is 3.34. The lowest BCUT2D eigenvalue weighted by molar-refractivity contribution is -0.159. The maximum atomic E-state index is 5.51. The Balaban J connectivity index is 4.11. The summed E-state index contributed by atoms with van der Waals surface area (Å²) in [5.74, 6) is 0.507. The minimum atomic E-state index is -0.125. The molecule has 0 spiro atoms. The van der Waals surface area contributed by atoms with Crippen molar-refractivity contribution in [1.29, 1.82) is 0 Å². The molecule has 0 aliphatic rings. The van der Waals surface area contributed by atoms with Crippen LogP contribution in [0.25, 0.3) is 0 Å². The van der Waals surface area contributed by atoms with E-state index in [0.29, 0.717) is 19.1 Å². The number of nitrogens with one attached hydrogen (secondary N) is 1. The summed E-state index contributed by atoms with van der Waals surface area (Å²) in [5, 5.41) is 3.22. The first-order valence-corrected chi connectivity index (χ1v) is 5.07. The maximum absolute atomic E-state index is 5.51. The standard InChI is InChI=1S/C10H23NO2/c1-6-12-10(13-7-2)9(11-5)8(3)4/h8-11H,6-7H2,1-5H3. The Bertz CT molecular complexity index is 111. The van der Waals surface area contributed by atoms with Crippen molar-refractivity contribution in [3.8, 4) is 0 Å². The van der Waals surface area contributed by atoms with Gasteiger partial charge in [-0.1, -0.05) is 13.8 Å². The van der Waals surface area contributed by atoms with Crippen LogP contribution in [0.4, 0.5) is 0 Å². The number of hydrogen-bond donors (Lipinski definition) is 1. The second-order valence-corrected chi connectivity index (χ2v) is 3.34. The molecule has 0 saturated carbocycles. The monoisotopic (exact) mass is 189 g/mol. The van der Waals surface area contributed by atoms with Gasteiger partial charge in [0.1, 0.15) is 0 Å². The zero-order chi connectivity index (χ0) is 10.3. The lowest BCUT2D eigenvalue weighted by Crippen LogP contribution is -2.44. The number of hydrogen-bond acceptors (Lipinski definition) is 3. The molecule has 0 radical (unpaired) electrons. The second kappa shape index (κ2) is 7.30. The van der Waals surface area contributed by atoms with E-state index >= 15 is 0 Å². The highest BCUT2D eigenvalue weighted by atomic mass is 16.7. The third-order valence-electron chi connectivity index (χ3n) is 2.01. The van der Waals surface area contributed by atoms with Gasteiger partial charge in [-0.3, -0.25) is 0 Å². The first-order valence-electron chi connectivity index (χ1n) is 5.07. The van der Waals surface area contributed by atoms with E-state index < -0.39 is 0 Å². The quantitative estimate of drug-likeness (QED) is 0.617. The minimum Gasteiger partial charge on any atom is -0.351 e. The van der Waals surface area contributed by atoms with Crippen molar-refractivity contribution >= 4 is 0 Å². The molecule has 0 aliphatic carbocycles. The molecule has 0 aromatic rings. The van der Waals surface area contributed by atoms with Gasteiger partial charge in [0.15, 0.2) is 6.29 Å². The van der Waals surface area contributed by atoms with Crippen molar-refractivity contribution in [3.05, 3.63) is 0 Å². The van der Waals surface area contributed by atoms with E-state index in [0.717, 1.165) is 0 Å². The summed E-state index contributed by atoms with van der Waals surface area (Å²) in [6.45, 7) is 9.67. The molecule has 0 amide bonds. The van der Waals surface area contributed by atoms with Crippen LogP contribution in [-0.2, 0) is 9.47 Å². The van der Waals surface area contributed by atoms with E-state index in [1.165, 1.54) is 0 Å². The smallest absolute Gasteiger partial charge is 0.172 e. The number of ether oxygens (including phenoxy) is 2. The Morgan fingerprint density at radius 2 is 1.54 bits per heavy atom. The largest absolute Gasteiger partial charge is 0.351 e. The van der Waals surface area contributed by atoms with Gasteiger partial charge >= 0.3 is 0 Å². The molecule has 1 atom stereocenters. The Labute approximate surface area is 81.8 Å². The van der Waals surface area contributed by atoms with Crippen molar-refractivity contribution in [1.82, 2.24) is 5.32 Å². The zero-order valence-electron chi connectivity index (χ0n) is 9.46. The van der Waals surface area contributed by atoms with Crippen molar-refractivity contribution in [2.75, 3.05) is 20.3 Å². The fourth-order valence-corrected chi connectivity index (χ4v) is 1.37. The molecule has 80 valence electrons. The van der Waals surface area contributed by atoms with Crippen LogP contribution >= 0.6 is 0 Å². The predicted molar refractivity (Wildman–Crippen MR) is 54.7 cm³/mol. The summed E-state index contributed by atoms with van der Waals surface area (Å²) in [4.78, 5) is 0. The molecule has 0 aliphatic heterocycles. The summed E-state index contributed by atoms with van der Waals surface area (Å²) < 4.78 is 11.0. The highest BCUT2D eigenvalue weighted by Crippen LogP contribution is 2.10. The molecule has 0 fully saturated rings. The Morgan fingerprint density at radius 3 is 1.77 bits per heavy atom. The van der Waals surface area contributed by atoms with Gasteiger partial charge in [0.2, 0.25) is 0 Å². The minimum absolute atomic E-state index is 0.125. The Morgan fingerprint density at radius 1 is 1.08 bits per heavy atom. The van der Waals surface area contributed by atoms with Crippen LogP contribution in [0.1, 0.15) is 27.7 Å². The predicted octanol–water partition coefficient (Wildman–Crippen LogP) is 1.63. The lowest BCUT2D eigenvalue weighted by Gasteiger charge is -2.29. The molecule has 3 nitrogen and oxygen atoms in total. The third kappa shape index (κ3) is 4.60. The number of rotatable bonds is 7. The first-order chi connectivity index (χ1) is 6.17. The SMILES string of the molecule is CCOC(OCC)C(NC)C(C)C. The maximum Gasteiger partial charge on any atom is 0.172 e. The van der Waals surface area contributed by atoms with E-state index in [9.17, 15) is 0 Å². The summed E-state index contributed by atoms with van der Waals surface area (Å²) in [7, 11) is 1.94. The summed E-state index contributed by atoms with van der Waals surface area (Å²) in [6, 6.07) is 0.264. The summed E-state index contributed by atoms with van der Waals surface area (Å²) in [5.41, 5.74) is 0. The molecule has 0 rings (SSSR count). The fraction of sp³-hybridized carbons (Fsp3) is 1.00. The molecular formula is C10H23NO2. The number of likely N-dealkylation sites (N-methyl/N-ethyl adjacent to an activating group) is 1. The van der Waals surface area contributed by atoms with Crippen LogP contribution in [-0.4, -0.2) is 32.6 Å². The molecule has 13 heavy (non-hydrogen) atoms. The average molecular weight is 189 g/mol. The molecular weight excluding hydrogens is 166 g/mol. The molecule has 1 N–H and O–H groups in total. The molecule has 0 aromatic heterocycles. The van der Waals surface area contributed by atoms with Gasteiger partial charge in [0.25, 0.3) is 0 Å². The van der Waals surface area contributed by atoms with Crippen LogP contribution < -0.4 is 5.32 Å². The topological polar surface area (TPSA) is 30.5 Å². The van der Waals surface area contributed by atoms with Gasteiger partial charge in [-0.15, -0.1) is 0 Å². The van der Waals surface area contributed by atoms with E-state index in [1.54, 1.807) is 0 Å². The molecule has 0 bridgehead atoms. The molecule has 0 heterocycles. The first kappa shape index (κ1) is 12.9. The Kier molecular flexibility index (Phi) is 7.23. The van der Waals surface area contributed by atoms with Crippen molar-refractivity contribution in [2.45, 2.75) is 40.0 Å². The summed E-state index contributed by atoms with van der Waals surface area (Å²) in [6.07, 6.45) is -0.125. The van der Waals surface area contributed by atoms with Gasteiger partial charge in [0.05, 0.1) is 6.04 Å². The van der Waals surface area contributed by atoms with E-state index in [2.05, 4.69) is 19.2 Å². The highest BCUT2D eigenvalue weighted by Gasteiger charge is 2.23. The van der Waals surface area contributed by atoms with E-state index in [-0.39, 0.29) is 12.3 Å². The normalized spacial score (nSPS) is 14.1.